The van der Waals surface area contributed by atoms with E-state index in [1.54, 1.807) is 30.5 Å². The number of hydrogen-bond acceptors (Lipinski definition) is 4. The van der Waals surface area contributed by atoms with Gasteiger partial charge in [0.05, 0.1) is 17.9 Å². The van der Waals surface area contributed by atoms with E-state index in [4.69, 9.17) is 17.3 Å². The first-order chi connectivity index (χ1) is 10.6. The van der Waals surface area contributed by atoms with E-state index >= 15 is 0 Å². The maximum absolute atomic E-state index is 10.8. The Morgan fingerprint density at radius 1 is 1.18 bits per heavy atom. The van der Waals surface area contributed by atoms with Gasteiger partial charge in [0, 0.05) is 10.6 Å². The van der Waals surface area contributed by atoms with E-state index in [1.165, 1.54) is 16.8 Å². The monoisotopic (exact) mass is 312 g/mol. The minimum Gasteiger partial charge on any atom is -0.545 e. The molecule has 0 unspecified atom stereocenters. The van der Waals surface area contributed by atoms with Crippen LogP contribution in [0.15, 0.2) is 54.7 Å². The summed E-state index contributed by atoms with van der Waals surface area (Å²) >= 11 is 5.99. The first-order valence-corrected chi connectivity index (χ1v) is 6.85. The number of nitrogens with zero attached hydrogens (tertiary/aromatic N) is 2. The second-order valence-electron chi connectivity index (χ2n) is 4.70. The number of nitrogen functional groups attached to an aromatic ring is 1. The Morgan fingerprint density at radius 3 is 2.55 bits per heavy atom. The molecule has 3 aromatic rings. The van der Waals surface area contributed by atoms with Gasteiger partial charge < -0.3 is 15.6 Å². The number of aromatic nitrogens is 2. The number of rotatable bonds is 3. The number of carboxylic acid groups (broad SMARTS) is 1. The van der Waals surface area contributed by atoms with E-state index in [-0.39, 0.29) is 5.56 Å². The molecule has 0 amide bonds. The molecule has 3 rings (SSSR count). The lowest BCUT2D eigenvalue weighted by Gasteiger charge is -2.07. The molecule has 5 nitrogen and oxygen atoms in total. The Balaban J connectivity index is 2.01. The third kappa shape index (κ3) is 2.54. The number of carbonyl (C=O) groups is 1. The highest BCUT2D eigenvalue weighted by Gasteiger charge is 2.11. The van der Waals surface area contributed by atoms with Crippen LogP contribution in [0.25, 0.3) is 16.8 Å². The second kappa shape index (κ2) is 5.54. The largest absolute Gasteiger partial charge is 0.545 e. The predicted octanol–water partition coefficient (Wildman–Crippen LogP) is 2.14. The Labute approximate surface area is 131 Å². The number of halogens is 1. The fourth-order valence-electron chi connectivity index (χ4n) is 2.18. The highest BCUT2D eigenvalue weighted by atomic mass is 35.5. The number of benzene rings is 2. The molecule has 2 aromatic carbocycles. The average Bonchev–Trinajstić information content (AvgIpc) is 2.89. The van der Waals surface area contributed by atoms with Crippen molar-refractivity contribution in [3.8, 4) is 16.8 Å². The molecule has 110 valence electrons. The third-order valence-corrected chi connectivity index (χ3v) is 3.52. The normalized spacial score (nSPS) is 10.6. The van der Waals surface area contributed by atoms with E-state index in [0.29, 0.717) is 16.5 Å². The summed E-state index contributed by atoms with van der Waals surface area (Å²) in [4.78, 5) is 10.8. The highest BCUT2D eigenvalue weighted by Crippen LogP contribution is 2.29. The van der Waals surface area contributed by atoms with Gasteiger partial charge in [-0.2, -0.15) is 5.10 Å². The number of hydrogen-bond donors (Lipinski definition) is 1. The van der Waals surface area contributed by atoms with Crippen molar-refractivity contribution in [1.82, 2.24) is 9.78 Å². The van der Waals surface area contributed by atoms with E-state index in [1.807, 2.05) is 12.1 Å². The Bertz CT molecular complexity index is 841. The van der Waals surface area contributed by atoms with Crippen LogP contribution >= 0.6 is 11.6 Å². The maximum Gasteiger partial charge on any atom is 0.135 e. The van der Waals surface area contributed by atoms with Crippen LogP contribution in [0.5, 0.6) is 0 Å². The molecule has 0 fully saturated rings. The van der Waals surface area contributed by atoms with E-state index in [0.717, 1.165) is 11.1 Å². The van der Waals surface area contributed by atoms with Gasteiger partial charge in [-0.1, -0.05) is 35.9 Å². The number of anilines is 1. The van der Waals surface area contributed by atoms with Crippen LogP contribution in [-0.4, -0.2) is 15.7 Å². The van der Waals surface area contributed by atoms with Crippen LogP contribution in [0.2, 0.25) is 5.02 Å². The summed E-state index contributed by atoms with van der Waals surface area (Å²) < 4.78 is 1.54. The predicted molar refractivity (Wildman–Crippen MR) is 82.8 cm³/mol. The van der Waals surface area contributed by atoms with Crippen molar-refractivity contribution >= 4 is 23.4 Å². The SMILES string of the molecule is Nc1c(-c2cccc(Cl)c2)cnn1-c1ccc(C(=O)[O-])cc1. The lowest BCUT2D eigenvalue weighted by Crippen LogP contribution is -2.22. The van der Waals surface area contributed by atoms with Gasteiger partial charge in [0.1, 0.15) is 5.82 Å². The molecule has 1 heterocycles. The molecule has 0 atom stereocenters. The van der Waals surface area contributed by atoms with Gasteiger partial charge in [0.2, 0.25) is 0 Å². The van der Waals surface area contributed by atoms with Crippen LogP contribution in [0.3, 0.4) is 0 Å². The molecule has 0 aliphatic carbocycles. The molecule has 0 saturated heterocycles. The van der Waals surface area contributed by atoms with Crippen LogP contribution in [-0.2, 0) is 0 Å². The quantitative estimate of drug-likeness (QED) is 0.803. The van der Waals surface area contributed by atoms with Gasteiger partial charge in [0.25, 0.3) is 0 Å². The number of nitrogens with two attached hydrogens (primary N) is 1. The first kappa shape index (κ1) is 14.2. The minimum absolute atomic E-state index is 0.101. The van der Waals surface area contributed by atoms with Crippen LogP contribution < -0.4 is 10.8 Å². The molecule has 0 aliphatic heterocycles. The van der Waals surface area contributed by atoms with Gasteiger partial charge in [0.15, 0.2) is 0 Å². The molecular formula is C16H11ClN3O2-. The van der Waals surface area contributed by atoms with Crippen molar-refractivity contribution in [1.29, 1.82) is 0 Å². The molecule has 0 spiro atoms. The summed E-state index contributed by atoms with van der Waals surface area (Å²) in [6.07, 6.45) is 1.65. The molecule has 0 bridgehead atoms. The number of aromatic carboxylic acids is 1. The lowest BCUT2D eigenvalue weighted by molar-refractivity contribution is -0.255. The highest BCUT2D eigenvalue weighted by molar-refractivity contribution is 6.30. The molecule has 0 saturated carbocycles. The molecular weight excluding hydrogens is 302 g/mol. The van der Waals surface area contributed by atoms with Crippen molar-refractivity contribution in [2.45, 2.75) is 0 Å². The zero-order chi connectivity index (χ0) is 15.7. The Morgan fingerprint density at radius 2 is 1.91 bits per heavy atom. The van der Waals surface area contributed by atoms with Crippen molar-refractivity contribution in [2.75, 3.05) is 5.73 Å². The van der Waals surface area contributed by atoms with Crippen LogP contribution in [0, 0.1) is 0 Å². The molecule has 22 heavy (non-hydrogen) atoms. The van der Waals surface area contributed by atoms with Gasteiger partial charge in [-0.15, -0.1) is 0 Å². The molecule has 0 radical (unpaired) electrons. The third-order valence-electron chi connectivity index (χ3n) is 3.29. The van der Waals surface area contributed by atoms with E-state index in [2.05, 4.69) is 5.10 Å². The summed E-state index contributed by atoms with van der Waals surface area (Å²) in [7, 11) is 0. The number of carboxylic acids is 1. The van der Waals surface area contributed by atoms with E-state index < -0.39 is 5.97 Å². The van der Waals surface area contributed by atoms with Crippen LogP contribution in [0.1, 0.15) is 10.4 Å². The van der Waals surface area contributed by atoms with Crippen molar-refractivity contribution < 1.29 is 9.90 Å². The van der Waals surface area contributed by atoms with Gasteiger partial charge in [-0.3, -0.25) is 0 Å². The number of carbonyl (C=O) groups excluding carboxylic acids is 1. The summed E-state index contributed by atoms with van der Waals surface area (Å²) in [5, 5.41) is 15.6. The minimum atomic E-state index is -1.22. The summed E-state index contributed by atoms with van der Waals surface area (Å²) in [6.45, 7) is 0. The molecule has 6 heteroatoms. The Hall–Kier alpha value is -2.79. The summed E-state index contributed by atoms with van der Waals surface area (Å²) in [6, 6.07) is 13.5. The molecule has 2 N–H and O–H groups in total. The maximum atomic E-state index is 10.8. The van der Waals surface area contributed by atoms with Crippen molar-refractivity contribution in [3.05, 3.63) is 65.3 Å². The fraction of sp³-hybridized carbons (Fsp3) is 0. The van der Waals surface area contributed by atoms with Gasteiger partial charge in [-0.05, 0) is 35.4 Å². The fourth-order valence-corrected chi connectivity index (χ4v) is 2.37. The molecule has 1 aromatic heterocycles. The second-order valence-corrected chi connectivity index (χ2v) is 5.14. The van der Waals surface area contributed by atoms with Crippen LogP contribution in [0.4, 0.5) is 5.82 Å². The average molecular weight is 313 g/mol. The zero-order valence-electron chi connectivity index (χ0n) is 11.4. The Kier molecular flexibility index (Phi) is 3.56. The summed E-state index contributed by atoms with van der Waals surface area (Å²) in [5.74, 6) is -0.775. The van der Waals surface area contributed by atoms with E-state index in [9.17, 15) is 9.90 Å². The van der Waals surface area contributed by atoms with Crippen molar-refractivity contribution in [2.24, 2.45) is 0 Å². The zero-order valence-corrected chi connectivity index (χ0v) is 12.1. The standard InChI is InChI=1S/C16H12ClN3O2/c17-12-3-1-2-11(8-12)14-9-19-20(15(14)18)13-6-4-10(5-7-13)16(21)22/h1-9H,18H2,(H,21,22)/p-1. The smallest absolute Gasteiger partial charge is 0.135 e. The van der Waals surface area contributed by atoms with Gasteiger partial charge >= 0.3 is 0 Å². The summed E-state index contributed by atoms with van der Waals surface area (Å²) in [5.41, 5.74) is 8.53. The molecule has 0 aliphatic rings. The lowest BCUT2D eigenvalue weighted by atomic mass is 10.1. The topological polar surface area (TPSA) is 84.0 Å². The van der Waals surface area contributed by atoms with Gasteiger partial charge in [-0.25, -0.2) is 4.68 Å². The first-order valence-electron chi connectivity index (χ1n) is 6.47. The van der Waals surface area contributed by atoms with Crippen molar-refractivity contribution in [3.63, 3.8) is 0 Å².